The Morgan fingerprint density at radius 1 is 0.950 bits per heavy atom. The lowest BCUT2D eigenvalue weighted by atomic mass is 9.72. The van der Waals surface area contributed by atoms with Crippen LogP contribution >= 0.6 is 0 Å². The van der Waals surface area contributed by atoms with Crippen LogP contribution in [0.3, 0.4) is 0 Å². The highest BCUT2D eigenvalue weighted by molar-refractivity contribution is 5.30. The fourth-order valence-corrected chi connectivity index (χ4v) is 3.79. The summed E-state index contributed by atoms with van der Waals surface area (Å²) in [4.78, 5) is 0. The van der Waals surface area contributed by atoms with E-state index in [0.29, 0.717) is 5.41 Å². The molecule has 1 nitrogen and oxygen atoms in total. The maximum Gasteiger partial charge on any atom is -0.00431 e. The molecule has 0 atom stereocenters. The van der Waals surface area contributed by atoms with Crippen molar-refractivity contribution >= 4 is 0 Å². The number of rotatable bonds is 3. The highest BCUT2D eigenvalue weighted by Gasteiger charge is 2.27. The van der Waals surface area contributed by atoms with Crippen LogP contribution in [0.5, 0.6) is 0 Å². The average molecular weight is 273 g/mol. The molecule has 20 heavy (non-hydrogen) atoms. The molecule has 0 bridgehead atoms. The predicted octanol–water partition coefficient (Wildman–Crippen LogP) is 4.87. The Hall–Kier alpha value is -0.820. The van der Waals surface area contributed by atoms with E-state index in [1.54, 1.807) is 0 Å². The quantitative estimate of drug-likeness (QED) is 0.828. The van der Waals surface area contributed by atoms with Gasteiger partial charge < -0.3 is 5.32 Å². The Morgan fingerprint density at radius 3 is 2.00 bits per heavy atom. The molecule has 0 aliphatic carbocycles. The molecule has 1 saturated heterocycles. The van der Waals surface area contributed by atoms with Crippen LogP contribution in [0.2, 0.25) is 0 Å². The lowest BCUT2D eigenvalue weighted by molar-refractivity contribution is 0.284. The highest BCUT2D eigenvalue weighted by atomic mass is 14.9. The van der Waals surface area contributed by atoms with Crippen molar-refractivity contribution in [1.82, 2.24) is 5.32 Å². The topological polar surface area (TPSA) is 12.0 Å². The number of hydrogen-bond donors (Lipinski definition) is 1. The van der Waals surface area contributed by atoms with Gasteiger partial charge in [-0.25, -0.2) is 0 Å². The van der Waals surface area contributed by atoms with Gasteiger partial charge in [0.1, 0.15) is 0 Å². The highest BCUT2D eigenvalue weighted by Crippen LogP contribution is 2.37. The van der Waals surface area contributed by atoms with Crippen LogP contribution in [0.25, 0.3) is 0 Å². The van der Waals surface area contributed by atoms with Crippen LogP contribution in [0, 0.1) is 5.41 Å². The smallest absolute Gasteiger partial charge is 0.00431 e. The molecule has 0 unspecified atom stereocenters. The van der Waals surface area contributed by atoms with Gasteiger partial charge in [-0.2, -0.15) is 0 Å². The Bertz CT molecular complexity index is 416. The minimum atomic E-state index is 0.255. The first-order chi connectivity index (χ1) is 9.28. The van der Waals surface area contributed by atoms with Crippen LogP contribution < -0.4 is 5.32 Å². The van der Waals surface area contributed by atoms with E-state index in [9.17, 15) is 0 Å². The molecule has 0 aromatic heterocycles. The number of piperidine rings is 1. The molecule has 0 spiro atoms. The number of hydrogen-bond acceptors (Lipinski definition) is 1. The van der Waals surface area contributed by atoms with Crippen LogP contribution in [-0.2, 0) is 5.41 Å². The molecule has 1 fully saturated rings. The maximum absolute atomic E-state index is 3.45. The second-order valence-electron chi connectivity index (χ2n) is 8.27. The zero-order valence-corrected chi connectivity index (χ0v) is 13.9. The van der Waals surface area contributed by atoms with Crippen LogP contribution in [0.15, 0.2) is 24.3 Å². The van der Waals surface area contributed by atoms with Crippen molar-refractivity contribution in [2.24, 2.45) is 5.41 Å². The van der Waals surface area contributed by atoms with E-state index in [1.807, 2.05) is 0 Å². The summed E-state index contributed by atoms with van der Waals surface area (Å²) < 4.78 is 0. The summed E-state index contributed by atoms with van der Waals surface area (Å²) in [7, 11) is 0. The summed E-state index contributed by atoms with van der Waals surface area (Å²) in [6.45, 7) is 14.1. The van der Waals surface area contributed by atoms with Gasteiger partial charge in [-0.1, -0.05) is 58.9 Å². The molecule has 1 heteroatoms. The fraction of sp³-hybridized carbons (Fsp3) is 0.684. The first-order valence-corrected chi connectivity index (χ1v) is 8.09. The lowest BCUT2D eigenvalue weighted by Gasteiger charge is -2.33. The normalized spacial score (nSPS) is 18.2. The molecule has 2 rings (SSSR count). The van der Waals surface area contributed by atoms with Crippen LogP contribution in [-0.4, -0.2) is 13.1 Å². The third-order valence-electron chi connectivity index (χ3n) is 4.47. The minimum Gasteiger partial charge on any atom is -0.317 e. The molecule has 0 amide bonds. The van der Waals surface area contributed by atoms with E-state index in [-0.39, 0.29) is 5.41 Å². The molecule has 1 aromatic carbocycles. The van der Waals surface area contributed by atoms with Gasteiger partial charge in [-0.05, 0) is 60.2 Å². The molecule has 0 radical (unpaired) electrons. The summed E-state index contributed by atoms with van der Waals surface area (Å²) in [6.07, 6.45) is 3.78. The van der Waals surface area contributed by atoms with Crippen LogP contribution in [0.1, 0.15) is 70.9 Å². The van der Waals surface area contributed by atoms with E-state index in [1.165, 1.54) is 43.5 Å². The summed E-state index contributed by atoms with van der Waals surface area (Å²) in [5.41, 5.74) is 3.63. The monoisotopic (exact) mass is 273 g/mol. The van der Waals surface area contributed by atoms with Crippen molar-refractivity contribution in [3.63, 3.8) is 0 Å². The molecule has 1 aliphatic heterocycles. The van der Waals surface area contributed by atoms with Crippen molar-refractivity contribution in [2.75, 3.05) is 13.1 Å². The predicted molar refractivity (Wildman–Crippen MR) is 88.4 cm³/mol. The number of nitrogens with one attached hydrogen (secondary N) is 1. The third-order valence-corrected chi connectivity index (χ3v) is 4.47. The fourth-order valence-electron chi connectivity index (χ4n) is 3.79. The van der Waals surface area contributed by atoms with Gasteiger partial charge in [-0.3, -0.25) is 0 Å². The first kappa shape index (κ1) is 15.6. The van der Waals surface area contributed by atoms with Gasteiger partial charge in [0.25, 0.3) is 0 Å². The van der Waals surface area contributed by atoms with Crippen molar-refractivity contribution in [2.45, 2.75) is 65.2 Å². The van der Waals surface area contributed by atoms with Crippen molar-refractivity contribution in [1.29, 1.82) is 0 Å². The summed E-state index contributed by atoms with van der Waals surface area (Å²) >= 11 is 0. The second kappa shape index (κ2) is 5.89. The third kappa shape index (κ3) is 4.09. The summed E-state index contributed by atoms with van der Waals surface area (Å²) in [5.74, 6) is 0.760. The maximum atomic E-state index is 3.45. The molecule has 112 valence electrons. The molecule has 1 aromatic rings. The van der Waals surface area contributed by atoms with E-state index in [0.717, 1.165) is 5.92 Å². The van der Waals surface area contributed by atoms with Crippen molar-refractivity contribution in [3.8, 4) is 0 Å². The van der Waals surface area contributed by atoms with Gasteiger partial charge in [0, 0.05) is 0 Å². The van der Waals surface area contributed by atoms with Crippen molar-refractivity contribution < 1.29 is 0 Å². The van der Waals surface area contributed by atoms with Crippen LogP contribution in [0.4, 0.5) is 0 Å². The van der Waals surface area contributed by atoms with Gasteiger partial charge in [0.2, 0.25) is 0 Å². The van der Waals surface area contributed by atoms with E-state index in [2.05, 4.69) is 64.2 Å². The molecule has 1 N–H and O–H groups in total. The van der Waals surface area contributed by atoms with E-state index in [4.69, 9.17) is 0 Å². The van der Waals surface area contributed by atoms with Gasteiger partial charge in [0.15, 0.2) is 0 Å². The Kier molecular flexibility index (Phi) is 4.59. The molecule has 1 aliphatic rings. The van der Waals surface area contributed by atoms with E-state index < -0.39 is 0 Å². The zero-order valence-electron chi connectivity index (χ0n) is 13.9. The van der Waals surface area contributed by atoms with E-state index >= 15 is 0 Å². The molecular formula is C19H31N. The Labute approximate surface area is 125 Å². The average Bonchev–Trinajstić information content (AvgIpc) is 2.37. The molecule has 1 heterocycles. The molecular weight excluding hydrogens is 242 g/mol. The Balaban J connectivity index is 2.10. The SMILES string of the molecule is CC(C)(C)CC(C)(C)c1ccc(C2CCNCC2)cc1. The van der Waals surface area contributed by atoms with Gasteiger partial charge >= 0.3 is 0 Å². The first-order valence-electron chi connectivity index (χ1n) is 8.09. The van der Waals surface area contributed by atoms with Crippen molar-refractivity contribution in [3.05, 3.63) is 35.4 Å². The van der Waals surface area contributed by atoms with Gasteiger partial charge in [-0.15, -0.1) is 0 Å². The summed E-state index contributed by atoms with van der Waals surface area (Å²) in [5, 5.41) is 3.45. The largest absolute Gasteiger partial charge is 0.317 e. The zero-order chi connectivity index (χ0) is 14.8. The Morgan fingerprint density at radius 2 is 1.50 bits per heavy atom. The second-order valence-corrected chi connectivity index (χ2v) is 8.27. The number of benzene rings is 1. The minimum absolute atomic E-state index is 0.255. The molecule has 0 saturated carbocycles. The summed E-state index contributed by atoms with van der Waals surface area (Å²) in [6, 6.07) is 9.47. The lowest BCUT2D eigenvalue weighted by Crippen LogP contribution is -2.27. The standard InChI is InChI=1S/C19H31N/c1-18(2,3)14-19(4,5)17-8-6-15(7-9-17)16-10-12-20-13-11-16/h6-9,16,20H,10-14H2,1-5H3. The van der Waals surface area contributed by atoms with Gasteiger partial charge in [0.05, 0.1) is 0 Å².